The summed E-state index contributed by atoms with van der Waals surface area (Å²) in [5, 5.41) is 1.47. The first kappa shape index (κ1) is 28.4. The van der Waals surface area contributed by atoms with Crippen LogP contribution in [0.25, 0.3) is 22.3 Å². The molecule has 0 atom stereocenters. The van der Waals surface area contributed by atoms with Gasteiger partial charge in [0.05, 0.1) is 41.5 Å². The van der Waals surface area contributed by atoms with Gasteiger partial charge in [-0.1, -0.05) is 30.1 Å². The first-order valence-corrected chi connectivity index (χ1v) is 13.6. The molecular formula is C27H35Cl2N5O4. The molecule has 0 bridgehead atoms. The summed E-state index contributed by atoms with van der Waals surface area (Å²) in [4.78, 5) is 16.1. The number of hydrogen-bond donors (Lipinski definition) is 1. The molecule has 38 heavy (non-hydrogen) atoms. The molecule has 9 nitrogen and oxygen atoms in total. The number of ether oxygens (including phenoxy) is 4. The van der Waals surface area contributed by atoms with Gasteiger partial charge in [0.25, 0.3) is 0 Å². The maximum absolute atomic E-state index is 6.64. The first-order valence-electron chi connectivity index (χ1n) is 12.8. The monoisotopic (exact) mass is 563 g/mol. The molecule has 4 heterocycles. The van der Waals surface area contributed by atoms with Crippen molar-refractivity contribution in [3.63, 3.8) is 0 Å². The van der Waals surface area contributed by atoms with Gasteiger partial charge in [-0.3, -0.25) is 0 Å². The molecule has 0 amide bonds. The number of fused-ring (bicyclic) bond motifs is 1. The molecule has 206 valence electrons. The van der Waals surface area contributed by atoms with Gasteiger partial charge in [0.15, 0.2) is 5.82 Å². The Kier molecular flexibility index (Phi) is 9.36. The van der Waals surface area contributed by atoms with Crippen LogP contribution in [0, 0.1) is 5.41 Å². The molecule has 0 saturated carbocycles. The Bertz CT molecular complexity index is 1230. The maximum atomic E-state index is 6.64. The summed E-state index contributed by atoms with van der Waals surface area (Å²) in [6.07, 6.45) is 4.87. The largest absolute Gasteiger partial charge is 0.495 e. The Hall–Kier alpha value is -2.59. The molecule has 2 fully saturated rings. The second-order valence-corrected chi connectivity index (χ2v) is 10.2. The summed E-state index contributed by atoms with van der Waals surface area (Å²) in [6, 6.07) is 3.45. The number of nitrogen functional groups attached to an aromatic ring is 1. The maximum Gasteiger partial charge on any atom is 0.165 e. The molecule has 0 aliphatic carbocycles. The molecule has 1 aromatic carbocycles. The van der Waals surface area contributed by atoms with Gasteiger partial charge in [0, 0.05) is 56.4 Å². The minimum atomic E-state index is 0.267. The highest BCUT2D eigenvalue weighted by atomic mass is 35.5. The number of anilines is 2. The Morgan fingerprint density at radius 2 is 1.68 bits per heavy atom. The van der Waals surface area contributed by atoms with Crippen LogP contribution in [0.2, 0.25) is 10.0 Å². The molecule has 2 aliphatic heterocycles. The van der Waals surface area contributed by atoms with Crippen LogP contribution in [0.4, 0.5) is 11.6 Å². The van der Waals surface area contributed by atoms with Crippen molar-refractivity contribution in [3.8, 4) is 22.9 Å². The fourth-order valence-electron chi connectivity index (χ4n) is 4.79. The van der Waals surface area contributed by atoms with Crippen molar-refractivity contribution < 1.29 is 18.9 Å². The topological polar surface area (TPSA) is 105 Å². The lowest BCUT2D eigenvalue weighted by atomic mass is 9.73. The third kappa shape index (κ3) is 5.86. The number of nitrogens with two attached hydrogens (primary N) is 1. The van der Waals surface area contributed by atoms with Crippen molar-refractivity contribution in [1.82, 2.24) is 15.0 Å². The van der Waals surface area contributed by atoms with Crippen molar-refractivity contribution >= 4 is 45.7 Å². The molecule has 3 aromatic rings. The average molecular weight is 565 g/mol. The van der Waals surface area contributed by atoms with Crippen molar-refractivity contribution in [2.75, 3.05) is 64.4 Å². The van der Waals surface area contributed by atoms with Gasteiger partial charge in [-0.15, -0.1) is 0 Å². The quantitative estimate of drug-likeness (QED) is 0.365. The number of halogens is 2. The molecule has 2 aliphatic rings. The van der Waals surface area contributed by atoms with Gasteiger partial charge in [0.2, 0.25) is 0 Å². The molecule has 2 saturated heterocycles. The summed E-state index contributed by atoms with van der Waals surface area (Å²) in [5.74, 6) is 2.42. The van der Waals surface area contributed by atoms with Gasteiger partial charge < -0.3 is 29.6 Å². The van der Waals surface area contributed by atoms with Gasteiger partial charge in [0.1, 0.15) is 23.1 Å². The van der Waals surface area contributed by atoms with Crippen LogP contribution in [0.5, 0.6) is 11.5 Å². The standard InChI is InChI=1S/C22H23Cl2N5O3.C5H12O/c1-30-14-8-15(31-2)19(24)17(18(14)23)20-27-13-9-26-16(25)7-12(13)21(28-20)29-10-22(11-29)3-5-32-6-4-22;1-3-5-6-4-2/h7-9H,3-6,10-11H2,1-2H3,(H2,25,26);3-5H2,1-2H3. The van der Waals surface area contributed by atoms with E-state index in [-0.39, 0.29) is 5.41 Å². The predicted molar refractivity (Wildman–Crippen MR) is 152 cm³/mol. The highest BCUT2D eigenvalue weighted by Gasteiger charge is 2.45. The second kappa shape index (κ2) is 12.5. The van der Waals surface area contributed by atoms with E-state index in [4.69, 9.17) is 57.9 Å². The van der Waals surface area contributed by atoms with Crippen molar-refractivity contribution in [2.45, 2.75) is 33.1 Å². The molecular weight excluding hydrogens is 529 g/mol. The highest BCUT2D eigenvalue weighted by Crippen LogP contribution is 2.47. The van der Waals surface area contributed by atoms with Gasteiger partial charge in [-0.2, -0.15) is 0 Å². The molecule has 11 heteroatoms. The molecule has 2 aromatic heterocycles. The van der Waals surface area contributed by atoms with E-state index in [2.05, 4.69) is 16.8 Å². The summed E-state index contributed by atoms with van der Waals surface area (Å²) >= 11 is 13.3. The third-order valence-electron chi connectivity index (χ3n) is 6.84. The van der Waals surface area contributed by atoms with Crippen LogP contribution in [-0.4, -0.2) is 68.7 Å². The number of rotatable bonds is 7. The molecule has 0 radical (unpaired) electrons. The van der Waals surface area contributed by atoms with Crippen LogP contribution < -0.4 is 20.1 Å². The summed E-state index contributed by atoms with van der Waals surface area (Å²) in [7, 11) is 3.07. The minimum Gasteiger partial charge on any atom is -0.495 e. The van der Waals surface area contributed by atoms with E-state index in [1.165, 1.54) is 14.2 Å². The van der Waals surface area contributed by atoms with E-state index in [0.717, 1.165) is 70.0 Å². The van der Waals surface area contributed by atoms with Crippen LogP contribution in [0.15, 0.2) is 18.3 Å². The van der Waals surface area contributed by atoms with Gasteiger partial charge >= 0.3 is 0 Å². The van der Waals surface area contributed by atoms with E-state index in [0.29, 0.717) is 44.3 Å². The van der Waals surface area contributed by atoms with E-state index >= 15 is 0 Å². The van der Waals surface area contributed by atoms with E-state index in [1.807, 2.05) is 6.92 Å². The Morgan fingerprint density at radius 3 is 2.24 bits per heavy atom. The van der Waals surface area contributed by atoms with E-state index in [1.54, 1.807) is 18.3 Å². The number of hydrogen-bond acceptors (Lipinski definition) is 9. The van der Waals surface area contributed by atoms with Crippen molar-refractivity contribution in [2.24, 2.45) is 5.41 Å². The number of aromatic nitrogens is 3. The van der Waals surface area contributed by atoms with Crippen LogP contribution >= 0.6 is 23.2 Å². The third-order valence-corrected chi connectivity index (χ3v) is 7.59. The van der Waals surface area contributed by atoms with Gasteiger partial charge in [-0.05, 0) is 32.3 Å². The number of benzene rings is 1. The fourth-order valence-corrected chi connectivity index (χ4v) is 5.46. The highest BCUT2D eigenvalue weighted by molar-refractivity contribution is 6.41. The molecule has 0 unspecified atom stereocenters. The second-order valence-electron chi connectivity index (χ2n) is 9.45. The summed E-state index contributed by atoms with van der Waals surface area (Å²) < 4.78 is 21.4. The lowest BCUT2D eigenvalue weighted by Gasteiger charge is -2.53. The van der Waals surface area contributed by atoms with E-state index < -0.39 is 0 Å². The Morgan fingerprint density at radius 1 is 1.03 bits per heavy atom. The molecule has 2 N–H and O–H groups in total. The zero-order valence-corrected chi connectivity index (χ0v) is 23.9. The average Bonchev–Trinajstić information content (AvgIpc) is 2.91. The van der Waals surface area contributed by atoms with Crippen molar-refractivity contribution in [3.05, 3.63) is 28.4 Å². The minimum absolute atomic E-state index is 0.267. The Balaban J connectivity index is 0.000000505. The first-order chi connectivity index (χ1) is 18.4. The zero-order valence-electron chi connectivity index (χ0n) is 22.4. The van der Waals surface area contributed by atoms with Crippen LogP contribution in [0.3, 0.4) is 0 Å². The Labute approximate surface area is 233 Å². The fraction of sp³-hybridized carbons (Fsp3) is 0.519. The number of pyridine rings is 1. The number of methoxy groups -OCH3 is 2. The van der Waals surface area contributed by atoms with Crippen molar-refractivity contribution in [1.29, 1.82) is 0 Å². The normalized spacial score (nSPS) is 16.1. The molecule has 5 rings (SSSR count). The summed E-state index contributed by atoms with van der Waals surface area (Å²) in [6.45, 7) is 9.28. The molecule has 1 spiro atoms. The van der Waals surface area contributed by atoms with Crippen LogP contribution in [-0.2, 0) is 9.47 Å². The lowest BCUT2D eigenvalue weighted by Crippen LogP contribution is -2.59. The zero-order chi connectivity index (χ0) is 27.3. The lowest BCUT2D eigenvalue weighted by molar-refractivity contribution is -0.000354. The number of nitrogens with zero attached hydrogens (tertiary/aromatic N) is 4. The SMILES string of the molecule is CCCOCC.COc1cc(OC)c(Cl)c(-c2nc(N3CC4(CCOCC4)C3)c3cc(N)ncc3n2)c1Cl. The predicted octanol–water partition coefficient (Wildman–Crippen LogP) is 5.65. The smallest absolute Gasteiger partial charge is 0.165 e. The van der Waals surface area contributed by atoms with Gasteiger partial charge in [-0.25, -0.2) is 15.0 Å². The summed E-state index contributed by atoms with van der Waals surface area (Å²) in [5.41, 5.74) is 7.36. The van der Waals surface area contributed by atoms with Crippen LogP contribution in [0.1, 0.15) is 33.1 Å². The van der Waals surface area contributed by atoms with E-state index in [9.17, 15) is 0 Å².